The number of aryl methyl sites for hydroxylation is 1. The molecule has 2 heterocycles. The van der Waals surface area contributed by atoms with Crippen molar-refractivity contribution in [2.75, 3.05) is 18.0 Å². The van der Waals surface area contributed by atoms with Crippen molar-refractivity contribution in [3.63, 3.8) is 0 Å². The van der Waals surface area contributed by atoms with Gasteiger partial charge in [-0.2, -0.15) is 13.2 Å². The standard InChI is InChI=1S/C21H16F6N2O3/c1-11-8-29(18-3-2-13(4-17(11)18)20(22,23)24)15-5-14(28-9-12(10-28)19(30)31)6-16(7-15)32-21(25,26)27/h2-8,12H,9-10H2,1H3,(H,30,31). The summed E-state index contributed by atoms with van der Waals surface area (Å²) in [6.07, 6.45) is -7.96. The number of carboxylic acids is 1. The molecule has 5 nitrogen and oxygen atoms in total. The van der Waals surface area contributed by atoms with E-state index < -0.39 is 35.7 Å². The van der Waals surface area contributed by atoms with E-state index in [4.69, 9.17) is 5.11 Å². The summed E-state index contributed by atoms with van der Waals surface area (Å²) in [6, 6.07) is 6.97. The highest BCUT2D eigenvalue weighted by atomic mass is 19.4. The van der Waals surface area contributed by atoms with Crippen LogP contribution in [0, 0.1) is 12.8 Å². The zero-order valence-corrected chi connectivity index (χ0v) is 16.5. The number of hydrogen-bond acceptors (Lipinski definition) is 3. The van der Waals surface area contributed by atoms with Gasteiger partial charge in [0.15, 0.2) is 0 Å². The van der Waals surface area contributed by atoms with Gasteiger partial charge in [-0.15, -0.1) is 13.2 Å². The Kier molecular flexibility index (Phi) is 5.02. The minimum Gasteiger partial charge on any atom is -0.481 e. The minimum atomic E-state index is -4.95. The number of anilines is 1. The molecule has 0 aliphatic carbocycles. The van der Waals surface area contributed by atoms with E-state index in [1.165, 1.54) is 22.9 Å². The average Bonchev–Trinajstić information content (AvgIpc) is 2.94. The van der Waals surface area contributed by atoms with Crippen LogP contribution in [0.2, 0.25) is 0 Å². The van der Waals surface area contributed by atoms with Crippen LogP contribution in [0.15, 0.2) is 42.6 Å². The van der Waals surface area contributed by atoms with Crippen LogP contribution in [0.5, 0.6) is 5.75 Å². The van der Waals surface area contributed by atoms with Gasteiger partial charge in [0.05, 0.1) is 22.7 Å². The monoisotopic (exact) mass is 458 g/mol. The Labute approximate surface area is 177 Å². The van der Waals surface area contributed by atoms with Crippen molar-refractivity contribution < 1.29 is 41.0 Å². The number of ether oxygens (including phenoxy) is 1. The smallest absolute Gasteiger partial charge is 0.481 e. The number of alkyl halides is 6. The number of rotatable bonds is 4. The number of halogens is 6. The third-order valence-electron chi connectivity index (χ3n) is 5.31. The lowest BCUT2D eigenvalue weighted by Gasteiger charge is -2.39. The molecule has 0 radical (unpaired) electrons. The molecule has 1 saturated heterocycles. The normalized spacial score (nSPS) is 15.2. The Hall–Kier alpha value is -3.37. The molecular formula is C21H16F6N2O3. The van der Waals surface area contributed by atoms with E-state index in [1.807, 2.05) is 0 Å². The second-order valence-corrected chi connectivity index (χ2v) is 7.58. The van der Waals surface area contributed by atoms with Gasteiger partial charge in [-0.25, -0.2) is 0 Å². The minimum absolute atomic E-state index is 0.116. The Morgan fingerprint density at radius 3 is 2.28 bits per heavy atom. The molecule has 2 aromatic carbocycles. The first kappa shape index (κ1) is 21.8. The van der Waals surface area contributed by atoms with Crippen molar-refractivity contribution in [2.45, 2.75) is 19.5 Å². The average molecular weight is 458 g/mol. The molecule has 32 heavy (non-hydrogen) atoms. The van der Waals surface area contributed by atoms with E-state index in [1.54, 1.807) is 11.8 Å². The quantitative estimate of drug-likeness (QED) is 0.534. The number of carbonyl (C=O) groups is 1. The van der Waals surface area contributed by atoms with Crippen molar-refractivity contribution in [2.24, 2.45) is 5.92 Å². The first-order chi connectivity index (χ1) is 14.8. The van der Waals surface area contributed by atoms with Crippen molar-refractivity contribution in [3.05, 3.63) is 53.7 Å². The highest BCUT2D eigenvalue weighted by Gasteiger charge is 2.35. The van der Waals surface area contributed by atoms with Crippen LogP contribution < -0.4 is 9.64 Å². The molecular weight excluding hydrogens is 442 g/mol. The summed E-state index contributed by atoms with van der Waals surface area (Å²) in [5.74, 6) is -2.16. The van der Waals surface area contributed by atoms with Gasteiger partial charge in [0.1, 0.15) is 5.75 Å². The fraction of sp³-hybridized carbons (Fsp3) is 0.286. The van der Waals surface area contributed by atoms with Crippen molar-refractivity contribution in [3.8, 4) is 11.4 Å². The first-order valence-corrected chi connectivity index (χ1v) is 9.40. The second-order valence-electron chi connectivity index (χ2n) is 7.58. The molecule has 11 heteroatoms. The summed E-state index contributed by atoms with van der Waals surface area (Å²) in [6.45, 7) is 1.83. The summed E-state index contributed by atoms with van der Waals surface area (Å²) in [5, 5.41) is 9.36. The van der Waals surface area contributed by atoms with Crippen LogP contribution in [0.25, 0.3) is 16.6 Å². The largest absolute Gasteiger partial charge is 0.573 e. The van der Waals surface area contributed by atoms with E-state index in [2.05, 4.69) is 4.74 Å². The third kappa shape index (κ3) is 4.19. The number of hydrogen-bond donors (Lipinski definition) is 1. The molecule has 1 aliphatic rings. The van der Waals surface area contributed by atoms with Crippen LogP contribution in [0.4, 0.5) is 32.0 Å². The second kappa shape index (κ2) is 7.35. The molecule has 0 atom stereocenters. The Morgan fingerprint density at radius 2 is 1.69 bits per heavy atom. The van der Waals surface area contributed by atoms with E-state index >= 15 is 0 Å². The summed E-state index contributed by atoms with van der Waals surface area (Å²) in [7, 11) is 0. The lowest BCUT2D eigenvalue weighted by Crippen LogP contribution is -2.50. The Balaban J connectivity index is 1.80. The maximum atomic E-state index is 13.1. The molecule has 1 aromatic heterocycles. The van der Waals surface area contributed by atoms with E-state index in [9.17, 15) is 31.1 Å². The maximum Gasteiger partial charge on any atom is 0.573 e. The zero-order chi connectivity index (χ0) is 23.4. The van der Waals surface area contributed by atoms with Crippen LogP contribution in [0.3, 0.4) is 0 Å². The van der Waals surface area contributed by atoms with Crippen LogP contribution in [-0.2, 0) is 11.0 Å². The van der Waals surface area contributed by atoms with Crippen molar-refractivity contribution in [1.82, 2.24) is 4.57 Å². The molecule has 170 valence electrons. The fourth-order valence-corrected chi connectivity index (χ4v) is 3.71. The number of nitrogens with zero attached hydrogens (tertiary/aromatic N) is 2. The van der Waals surface area contributed by atoms with E-state index in [0.717, 1.165) is 24.3 Å². The van der Waals surface area contributed by atoms with Crippen LogP contribution in [-0.4, -0.2) is 35.1 Å². The van der Waals surface area contributed by atoms with Gasteiger partial charge in [0.2, 0.25) is 0 Å². The number of aromatic nitrogens is 1. The van der Waals surface area contributed by atoms with Crippen LogP contribution in [0.1, 0.15) is 11.1 Å². The topological polar surface area (TPSA) is 54.7 Å². The fourth-order valence-electron chi connectivity index (χ4n) is 3.71. The van der Waals surface area contributed by atoms with Gasteiger partial charge in [-0.3, -0.25) is 4.79 Å². The molecule has 0 spiro atoms. The van der Waals surface area contributed by atoms with E-state index in [0.29, 0.717) is 22.2 Å². The third-order valence-corrected chi connectivity index (χ3v) is 5.31. The molecule has 0 unspecified atom stereocenters. The number of fused-ring (bicyclic) bond motifs is 1. The summed E-state index contributed by atoms with van der Waals surface area (Å²) >= 11 is 0. The lowest BCUT2D eigenvalue weighted by molar-refractivity contribution is -0.274. The zero-order valence-electron chi connectivity index (χ0n) is 16.5. The lowest BCUT2D eigenvalue weighted by atomic mass is 9.99. The molecule has 1 aliphatic heterocycles. The number of carboxylic acid groups (broad SMARTS) is 1. The first-order valence-electron chi connectivity index (χ1n) is 9.40. The molecule has 1 N–H and O–H groups in total. The molecule has 1 fully saturated rings. The van der Waals surface area contributed by atoms with Crippen molar-refractivity contribution >= 4 is 22.6 Å². The molecule has 0 saturated carbocycles. The number of aliphatic carboxylic acids is 1. The van der Waals surface area contributed by atoms with Gasteiger partial charge in [-0.1, -0.05) is 0 Å². The Morgan fingerprint density at radius 1 is 1.03 bits per heavy atom. The molecule has 4 rings (SSSR count). The maximum absolute atomic E-state index is 13.1. The highest BCUT2D eigenvalue weighted by molar-refractivity contribution is 5.86. The van der Waals surface area contributed by atoms with Crippen molar-refractivity contribution in [1.29, 1.82) is 0 Å². The summed E-state index contributed by atoms with van der Waals surface area (Å²) < 4.78 is 83.4. The molecule has 3 aromatic rings. The summed E-state index contributed by atoms with van der Waals surface area (Å²) in [5.41, 5.74) is 0.590. The molecule has 0 bridgehead atoms. The summed E-state index contributed by atoms with van der Waals surface area (Å²) in [4.78, 5) is 12.7. The molecule has 0 amide bonds. The van der Waals surface area contributed by atoms with Gasteiger partial charge < -0.3 is 19.3 Å². The van der Waals surface area contributed by atoms with Gasteiger partial charge in [0.25, 0.3) is 0 Å². The van der Waals surface area contributed by atoms with Gasteiger partial charge in [-0.05, 0) is 36.8 Å². The number of benzene rings is 2. The van der Waals surface area contributed by atoms with E-state index in [-0.39, 0.29) is 18.8 Å². The highest BCUT2D eigenvalue weighted by Crippen LogP contribution is 2.37. The van der Waals surface area contributed by atoms with Gasteiger partial charge in [0, 0.05) is 42.5 Å². The van der Waals surface area contributed by atoms with Gasteiger partial charge >= 0.3 is 18.5 Å². The predicted octanol–water partition coefficient (Wildman–Crippen LogP) is 5.38. The SMILES string of the molecule is Cc1cn(-c2cc(OC(F)(F)F)cc(N3CC(C(=O)O)C3)c2)c2ccc(C(F)(F)F)cc12. The Bertz CT molecular complexity index is 1190. The van der Waals surface area contributed by atoms with Crippen LogP contribution >= 0.6 is 0 Å². The predicted molar refractivity (Wildman–Crippen MR) is 103 cm³/mol.